The molecule has 0 unspecified atom stereocenters. The maximum absolute atomic E-state index is 12.7. The number of carbonyl (C=O) groups is 2. The second-order valence-corrected chi connectivity index (χ2v) is 5.98. The van der Waals surface area contributed by atoms with Crippen molar-refractivity contribution in [3.63, 3.8) is 0 Å². The third-order valence-electron chi connectivity index (χ3n) is 3.84. The quantitative estimate of drug-likeness (QED) is 0.741. The molecule has 0 atom stereocenters. The van der Waals surface area contributed by atoms with Crippen molar-refractivity contribution < 1.29 is 14.3 Å². The molecule has 0 aliphatic heterocycles. The van der Waals surface area contributed by atoms with Crippen LogP contribution in [0.3, 0.4) is 0 Å². The summed E-state index contributed by atoms with van der Waals surface area (Å²) >= 11 is 0. The van der Waals surface area contributed by atoms with Crippen molar-refractivity contribution in [1.82, 2.24) is 19.7 Å². The van der Waals surface area contributed by atoms with Gasteiger partial charge >= 0.3 is 6.03 Å². The molecule has 7 nitrogen and oxygen atoms in total. The number of nitrogens with zero attached hydrogens (tertiary/aromatic N) is 3. The Morgan fingerprint density at radius 3 is 2.58 bits per heavy atom. The molecule has 0 spiro atoms. The summed E-state index contributed by atoms with van der Waals surface area (Å²) in [5.41, 5.74) is 1.04. The van der Waals surface area contributed by atoms with E-state index in [4.69, 9.17) is 4.74 Å². The van der Waals surface area contributed by atoms with Gasteiger partial charge < -0.3 is 24.4 Å². The lowest BCUT2D eigenvalue weighted by Crippen LogP contribution is -2.50. The minimum atomic E-state index is -0.216. The molecular formula is C17H30N4O3. The first-order chi connectivity index (χ1) is 11.4. The Morgan fingerprint density at radius 1 is 1.38 bits per heavy atom. The fourth-order valence-corrected chi connectivity index (χ4v) is 2.34. The number of rotatable bonds is 9. The van der Waals surface area contributed by atoms with Crippen molar-refractivity contribution in [3.05, 3.63) is 24.0 Å². The van der Waals surface area contributed by atoms with E-state index in [0.717, 1.165) is 5.69 Å². The molecule has 1 aromatic rings. The van der Waals surface area contributed by atoms with E-state index in [-0.39, 0.29) is 24.5 Å². The van der Waals surface area contributed by atoms with Crippen LogP contribution in [0.5, 0.6) is 0 Å². The number of amides is 3. The van der Waals surface area contributed by atoms with Gasteiger partial charge in [-0.15, -0.1) is 0 Å². The van der Waals surface area contributed by atoms with Crippen LogP contribution in [0.25, 0.3) is 0 Å². The van der Waals surface area contributed by atoms with Crippen LogP contribution in [0.4, 0.5) is 4.79 Å². The van der Waals surface area contributed by atoms with E-state index in [2.05, 4.69) is 5.32 Å². The van der Waals surface area contributed by atoms with E-state index in [1.807, 2.05) is 50.7 Å². The van der Waals surface area contributed by atoms with Gasteiger partial charge in [0.05, 0.1) is 13.2 Å². The van der Waals surface area contributed by atoms with Gasteiger partial charge in [0.15, 0.2) is 0 Å². The van der Waals surface area contributed by atoms with Crippen LogP contribution in [0.2, 0.25) is 0 Å². The molecule has 0 aliphatic carbocycles. The number of aromatic nitrogens is 1. The van der Waals surface area contributed by atoms with E-state index in [1.165, 1.54) is 0 Å². The van der Waals surface area contributed by atoms with Gasteiger partial charge in [-0.3, -0.25) is 4.79 Å². The van der Waals surface area contributed by atoms with Crippen LogP contribution in [0, 0.1) is 0 Å². The normalized spacial score (nSPS) is 10.8. The number of aryl methyl sites for hydroxylation is 1. The summed E-state index contributed by atoms with van der Waals surface area (Å²) < 4.78 is 7.10. The molecule has 0 fully saturated rings. The smallest absolute Gasteiger partial charge is 0.318 e. The number of nitrogens with one attached hydrogen (secondary N) is 1. The second-order valence-electron chi connectivity index (χ2n) is 5.98. The summed E-state index contributed by atoms with van der Waals surface area (Å²) in [6.45, 7) is 7.69. The highest BCUT2D eigenvalue weighted by atomic mass is 16.5. The Bertz CT molecular complexity index is 528. The fraction of sp³-hybridized carbons (Fsp3) is 0.647. The van der Waals surface area contributed by atoms with E-state index >= 15 is 0 Å². The summed E-state index contributed by atoms with van der Waals surface area (Å²) in [4.78, 5) is 28.2. The topological polar surface area (TPSA) is 66.8 Å². The number of carbonyl (C=O) groups excluding carboxylic acids is 2. The molecule has 1 aromatic heterocycles. The summed E-state index contributed by atoms with van der Waals surface area (Å²) in [5, 5.41) is 2.76. The maximum Gasteiger partial charge on any atom is 0.318 e. The molecule has 24 heavy (non-hydrogen) atoms. The molecule has 1 N–H and O–H groups in total. The van der Waals surface area contributed by atoms with Crippen molar-refractivity contribution in [3.8, 4) is 0 Å². The summed E-state index contributed by atoms with van der Waals surface area (Å²) in [6, 6.07) is 3.66. The molecule has 0 aliphatic rings. The van der Waals surface area contributed by atoms with Crippen LogP contribution >= 0.6 is 0 Å². The van der Waals surface area contributed by atoms with Crippen LogP contribution < -0.4 is 5.32 Å². The first-order valence-corrected chi connectivity index (χ1v) is 8.32. The molecule has 0 radical (unpaired) electrons. The van der Waals surface area contributed by atoms with Crippen LogP contribution in [-0.2, 0) is 23.1 Å². The molecule has 1 rings (SSSR count). The zero-order valence-electron chi connectivity index (χ0n) is 15.4. The highest BCUT2D eigenvalue weighted by molar-refractivity contribution is 5.84. The first-order valence-electron chi connectivity index (χ1n) is 8.32. The Labute approximate surface area is 144 Å². The van der Waals surface area contributed by atoms with Gasteiger partial charge in [-0.1, -0.05) is 0 Å². The maximum atomic E-state index is 12.7. The number of urea groups is 1. The molecule has 0 saturated carbocycles. The summed E-state index contributed by atoms with van der Waals surface area (Å²) in [7, 11) is 3.56. The predicted molar refractivity (Wildman–Crippen MR) is 93.6 cm³/mol. The number of hydrogen-bond acceptors (Lipinski definition) is 3. The van der Waals surface area contributed by atoms with Crippen molar-refractivity contribution in [2.45, 2.75) is 33.4 Å². The molecule has 0 bridgehead atoms. The van der Waals surface area contributed by atoms with E-state index in [0.29, 0.717) is 26.2 Å². The van der Waals surface area contributed by atoms with E-state index in [1.54, 1.807) is 16.9 Å². The molecule has 0 aromatic carbocycles. The standard InChI is InChI=1S/C17H30N4O3/c1-6-18-17(23)21(14(2)3)13-16(22)20(10-11-24-5)12-15-8-7-9-19(15)4/h7-9,14H,6,10-13H2,1-5H3,(H,18,23). The molecule has 0 saturated heterocycles. The second kappa shape index (κ2) is 9.97. The largest absolute Gasteiger partial charge is 0.383 e. The van der Waals surface area contributed by atoms with Crippen LogP contribution in [0.15, 0.2) is 18.3 Å². The zero-order chi connectivity index (χ0) is 18.1. The Kier molecular flexibility index (Phi) is 8.32. The van der Waals surface area contributed by atoms with E-state index in [9.17, 15) is 9.59 Å². The van der Waals surface area contributed by atoms with Gasteiger partial charge in [0.25, 0.3) is 0 Å². The lowest BCUT2D eigenvalue weighted by molar-refractivity contribution is -0.133. The van der Waals surface area contributed by atoms with Crippen molar-refractivity contribution in [2.75, 3.05) is 33.4 Å². The Balaban J connectivity index is 2.81. The summed E-state index contributed by atoms with van der Waals surface area (Å²) in [6.07, 6.45) is 1.95. The van der Waals surface area contributed by atoms with Gasteiger partial charge in [0.2, 0.25) is 5.91 Å². The number of hydrogen-bond donors (Lipinski definition) is 1. The van der Waals surface area contributed by atoms with Crippen molar-refractivity contribution >= 4 is 11.9 Å². The van der Waals surface area contributed by atoms with Crippen LogP contribution in [0.1, 0.15) is 26.5 Å². The van der Waals surface area contributed by atoms with Gasteiger partial charge in [-0.05, 0) is 32.9 Å². The number of ether oxygens (including phenoxy) is 1. The molecule has 7 heteroatoms. The highest BCUT2D eigenvalue weighted by Crippen LogP contribution is 2.08. The molecule has 136 valence electrons. The van der Waals surface area contributed by atoms with Gasteiger partial charge in [-0.25, -0.2) is 4.79 Å². The SMILES string of the molecule is CCNC(=O)N(CC(=O)N(CCOC)Cc1cccn1C)C(C)C. The van der Waals surface area contributed by atoms with Gasteiger partial charge in [-0.2, -0.15) is 0 Å². The van der Waals surface area contributed by atoms with Crippen molar-refractivity contribution in [2.24, 2.45) is 7.05 Å². The Hall–Kier alpha value is -2.02. The molecular weight excluding hydrogens is 308 g/mol. The predicted octanol–water partition coefficient (Wildman–Crippen LogP) is 1.44. The van der Waals surface area contributed by atoms with Gasteiger partial charge in [0, 0.05) is 45.2 Å². The lowest BCUT2D eigenvalue weighted by Gasteiger charge is -2.30. The summed E-state index contributed by atoms with van der Waals surface area (Å²) in [5.74, 6) is -0.0896. The van der Waals surface area contributed by atoms with Gasteiger partial charge in [0.1, 0.15) is 6.54 Å². The average molecular weight is 338 g/mol. The monoisotopic (exact) mass is 338 g/mol. The first kappa shape index (κ1) is 20.0. The lowest BCUT2D eigenvalue weighted by atomic mass is 10.3. The highest BCUT2D eigenvalue weighted by Gasteiger charge is 2.23. The Morgan fingerprint density at radius 2 is 2.08 bits per heavy atom. The number of methoxy groups -OCH3 is 1. The third kappa shape index (κ3) is 5.88. The minimum absolute atomic E-state index is 0.0532. The molecule has 1 heterocycles. The zero-order valence-corrected chi connectivity index (χ0v) is 15.4. The average Bonchev–Trinajstić information content (AvgIpc) is 2.93. The minimum Gasteiger partial charge on any atom is -0.383 e. The fourth-order valence-electron chi connectivity index (χ4n) is 2.34. The third-order valence-corrected chi connectivity index (χ3v) is 3.84. The van der Waals surface area contributed by atoms with Crippen LogP contribution in [-0.4, -0.2) is 65.7 Å². The van der Waals surface area contributed by atoms with Crippen molar-refractivity contribution in [1.29, 1.82) is 0 Å². The molecule has 3 amide bonds. The van der Waals surface area contributed by atoms with E-state index < -0.39 is 0 Å².